The van der Waals surface area contributed by atoms with E-state index in [1.54, 1.807) is 13.0 Å². The van der Waals surface area contributed by atoms with Gasteiger partial charge in [0.15, 0.2) is 5.82 Å². The number of hydrogen-bond donors (Lipinski definition) is 2. The van der Waals surface area contributed by atoms with Crippen molar-refractivity contribution in [2.45, 2.75) is 32.7 Å². The SMILES string of the molecule is Cc1cc(NC(=O)CN2C[C@@H](CO)[C@H](c3cnn(C(C)C)c3)C2)no1. The zero-order valence-corrected chi connectivity index (χ0v) is 14.8. The maximum Gasteiger partial charge on any atom is 0.239 e. The summed E-state index contributed by atoms with van der Waals surface area (Å²) in [5.74, 6) is 1.23. The number of aliphatic hydroxyl groups excluding tert-OH is 1. The first-order valence-corrected chi connectivity index (χ1v) is 8.56. The molecule has 1 amide bonds. The Balaban J connectivity index is 1.61. The largest absolute Gasteiger partial charge is 0.396 e. The first kappa shape index (κ1) is 17.6. The van der Waals surface area contributed by atoms with Gasteiger partial charge in [0.05, 0.1) is 12.7 Å². The normalized spacial score (nSPS) is 21.2. The molecule has 0 aromatic carbocycles. The molecule has 0 unspecified atom stereocenters. The van der Waals surface area contributed by atoms with Crippen LogP contribution in [0.1, 0.15) is 37.1 Å². The molecular weight excluding hydrogens is 322 g/mol. The summed E-state index contributed by atoms with van der Waals surface area (Å²) in [5.41, 5.74) is 1.11. The third-order valence-corrected chi connectivity index (χ3v) is 4.59. The van der Waals surface area contributed by atoms with Gasteiger partial charge in [0.2, 0.25) is 5.91 Å². The average molecular weight is 347 g/mol. The molecule has 0 bridgehead atoms. The van der Waals surface area contributed by atoms with E-state index in [9.17, 15) is 9.90 Å². The third-order valence-electron chi connectivity index (χ3n) is 4.59. The maximum absolute atomic E-state index is 12.2. The van der Waals surface area contributed by atoms with Crippen LogP contribution in [0.5, 0.6) is 0 Å². The van der Waals surface area contributed by atoms with Crippen molar-refractivity contribution in [1.29, 1.82) is 0 Å². The number of nitrogens with zero attached hydrogens (tertiary/aromatic N) is 4. The summed E-state index contributed by atoms with van der Waals surface area (Å²) in [6.07, 6.45) is 3.91. The van der Waals surface area contributed by atoms with Gasteiger partial charge in [-0.2, -0.15) is 5.10 Å². The number of aliphatic hydroxyl groups is 1. The van der Waals surface area contributed by atoms with Crippen LogP contribution in [0.4, 0.5) is 5.82 Å². The van der Waals surface area contributed by atoms with Crippen LogP contribution in [-0.4, -0.2) is 57.1 Å². The molecule has 0 saturated carbocycles. The van der Waals surface area contributed by atoms with Gasteiger partial charge in [-0.15, -0.1) is 0 Å². The van der Waals surface area contributed by atoms with Gasteiger partial charge in [0.1, 0.15) is 5.76 Å². The molecular formula is C17H25N5O3. The van der Waals surface area contributed by atoms with E-state index >= 15 is 0 Å². The Morgan fingerprint density at radius 1 is 1.48 bits per heavy atom. The first-order chi connectivity index (χ1) is 12.0. The second kappa shape index (κ2) is 7.37. The molecule has 2 aromatic heterocycles. The highest BCUT2D eigenvalue weighted by Crippen LogP contribution is 2.32. The summed E-state index contributed by atoms with van der Waals surface area (Å²) in [6.45, 7) is 7.69. The van der Waals surface area contributed by atoms with Crippen molar-refractivity contribution in [3.8, 4) is 0 Å². The summed E-state index contributed by atoms with van der Waals surface area (Å²) < 4.78 is 6.87. The van der Waals surface area contributed by atoms with Crippen molar-refractivity contribution in [2.24, 2.45) is 5.92 Å². The van der Waals surface area contributed by atoms with Crippen molar-refractivity contribution in [3.63, 3.8) is 0 Å². The molecule has 8 heteroatoms. The van der Waals surface area contributed by atoms with Crippen molar-refractivity contribution < 1.29 is 14.4 Å². The number of aryl methyl sites for hydroxylation is 1. The minimum Gasteiger partial charge on any atom is -0.396 e. The summed E-state index contributed by atoms with van der Waals surface area (Å²) in [4.78, 5) is 14.3. The van der Waals surface area contributed by atoms with Crippen molar-refractivity contribution >= 4 is 11.7 Å². The Morgan fingerprint density at radius 2 is 2.28 bits per heavy atom. The molecule has 136 valence electrons. The zero-order valence-electron chi connectivity index (χ0n) is 14.8. The zero-order chi connectivity index (χ0) is 18.0. The molecule has 8 nitrogen and oxygen atoms in total. The number of anilines is 1. The van der Waals surface area contributed by atoms with Gasteiger partial charge in [0.25, 0.3) is 0 Å². The lowest BCUT2D eigenvalue weighted by molar-refractivity contribution is -0.117. The van der Waals surface area contributed by atoms with E-state index in [1.807, 2.05) is 17.1 Å². The number of rotatable bonds is 6. The van der Waals surface area contributed by atoms with Crippen LogP contribution >= 0.6 is 0 Å². The molecule has 1 fully saturated rings. The quantitative estimate of drug-likeness (QED) is 0.820. The molecule has 2 atom stereocenters. The lowest BCUT2D eigenvalue weighted by Gasteiger charge is -2.14. The van der Waals surface area contributed by atoms with E-state index in [4.69, 9.17) is 4.52 Å². The fourth-order valence-corrected chi connectivity index (χ4v) is 3.29. The average Bonchev–Trinajstić information content (AvgIpc) is 3.26. The van der Waals surface area contributed by atoms with E-state index in [0.29, 0.717) is 24.2 Å². The number of amides is 1. The fraction of sp³-hybridized carbons (Fsp3) is 0.588. The molecule has 3 heterocycles. The number of aromatic nitrogens is 3. The summed E-state index contributed by atoms with van der Waals surface area (Å²) in [6, 6.07) is 1.98. The lowest BCUT2D eigenvalue weighted by Crippen LogP contribution is -2.32. The lowest BCUT2D eigenvalue weighted by atomic mass is 9.92. The van der Waals surface area contributed by atoms with Gasteiger partial charge in [-0.25, -0.2) is 0 Å². The molecule has 1 aliphatic heterocycles. The van der Waals surface area contributed by atoms with E-state index in [1.165, 1.54) is 0 Å². The number of carbonyl (C=O) groups excluding carboxylic acids is 1. The predicted molar refractivity (Wildman–Crippen MR) is 92.2 cm³/mol. The number of carbonyl (C=O) groups is 1. The molecule has 1 saturated heterocycles. The van der Waals surface area contributed by atoms with Crippen LogP contribution in [0.2, 0.25) is 0 Å². The summed E-state index contributed by atoms with van der Waals surface area (Å²) in [7, 11) is 0. The van der Waals surface area contributed by atoms with E-state index in [2.05, 4.69) is 34.3 Å². The number of hydrogen-bond acceptors (Lipinski definition) is 6. The monoisotopic (exact) mass is 347 g/mol. The second-order valence-electron chi connectivity index (χ2n) is 6.96. The van der Waals surface area contributed by atoms with Crippen molar-refractivity contribution in [2.75, 3.05) is 31.6 Å². The highest BCUT2D eigenvalue weighted by atomic mass is 16.5. The fourth-order valence-electron chi connectivity index (χ4n) is 3.29. The molecule has 2 aromatic rings. The Kier molecular flexibility index (Phi) is 5.19. The third kappa shape index (κ3) is 4.08. The molecule has 0 aliphatic carbocycles. The number of likely N-dealkylation sites (tertiary alicyclic amines) is 1. The summed E-state index contributed by atoms with van der Waals surface area (Å²) >= 11 is 0. The van der Waals surface area contributed by atoms with Crippen LogP contribution in [-0.2, 0) is 4.79 Å². The molecule has 2 N–H and O–H groups in total. The Labute approximate surface area is 146 Å². The van der Waals surface area contributed by atoms with Crippen LogP contribution in [0, 0.1) is 12.8 Å². The molecule has 0 spiro atoms. The van der Waals surface area contributed by atoms with Gasteiger partial charge in [0, 0.05) is 49.8 Å². The van der Waals surface area contributed by atoms with Gasteiger partial charge >= 0.3 is 0 Å². The van der Waals surface area contributed by atoms with Crippen LogP contribution in [0.15, 0.2) is 23.0 Å². The minimum atomic E-state index is -0.136. The molecule has 0 radical (unpaired) electrons. The number of nitrogens with one attached hydrogen (secondary N) is 1. The maximum atomic E-state index is 12.2. The smallest absolute Gasteiger partial charge is 0.239 e. The van der Waals surface area contributed by atoms with Gasteiger partial charge in [-0.1, -0.05) is 5.16 Å². The second-order valence-corrected chi connectivity index (χ2v) is 6.96. The minimum absolute atomic E-state index is 0.0954. The molecule has 3 rings (SSSR count). The highest BCUT2D eigenvalue weighted by molar-refractivity contribution is 5.91. The Hall–Kier alpha value is -2.19. The van der Waals surface area contributed by atoms with E-state index in [0.717, 1.165) is 12.1 Å². The Bertz CT molecular complexity index is 723. The van der Waals surface area contributed by atoms with Crippen LogP contribution in [0.3, 0.4) is 0 Å². The van der Waals surface area contributed by atoms with E-state index < -0.39 is 0 Å². The topological polar surface area (TPSA) is 96.4 Å². The van der Waals surface area contributed by atoms with Crippen LogP contribution < -0.4 is 5.32 Å². The Morgan fingerprint density at radius 3 is 2.88 bits per heavy atom. The van der Waals surface area contributed by atoms with Gasteiger partial charge in [-0.05, 0) is 26.3 Å². The standard InChI is InChI=1S/C17H25N5O3/c1-11(2)22-7-13(5-18-22)15-8-21(6-14(15)10-23)9-17(24)19-16-4-12(3)25-20-16/h4-5,7,11,14-15,23H,6,8-10H2,1-3H3,(H,19,20,24)/t14-,15-/m0/s1. The molecule has 1 aliphatic rings. The van der Waals surface area contributed by atoms with Crippen molar-refractivity contribution in [3.05, 3.63) is 29.8 Å². The van der Waals surface area contributed by atoms with Crippen molar-refractivity contribution in [1.82, 2.24) is 19.8 Å². The highest BCUT2D eigenvalue weighted by Gasteiger charge is 2.35. The first-order valence-electron chi connectivity index (χ1n) is 8.56. The molecule has 25 heavy (non-hydrogen) atoms. The predicted octanol–water partition coefficient (Wildman–Crippen LogP) is 1.41. The summed E-state index contributed by atoms with van der Waals surface area (Å²) in [5, 5.41) is 20.6. The van der Waals surface area contributed by atoms with Gasteiger partial charge < -0.3 is 14.9 Å². The van der Waals surface area contributed by atoms with E-state index in [-0.39, 0.29) is 30.9 Å². The van der Waals surface area contributed by atoms with Crippen LogP contribution in [0.25, 0.3) is 0 Å². The van der Waals surface area contributed by atoms with Gasteiger partial charge in [-0.3, -0.25) is 14.4 Å².